The third kappa shape index (κ3) is 4.99. The molecule has 0 aliphatic carbocycles. The van der Waals surface area contributed by atoms with Gasteiger partial charge in [-0.05, 0) is 5.38 Å². The van der Waals surface area contributed by atoms with Gasteiger partial charge in [-0.2, -0.15) is 18.2 Å². The Morgan fingerprint density at radius 1 is 0.808 bits per heavy atom. The van der Waals surface area contributed by atoms with E-state index >= 15 is 0 Å². The van der Waals surface area contributed by atoms with Crippen molar-refractivity contribution in [3.63, 3.8) is 0 Å². The van der Waals surface area contributed by atoms with Crippen molar-refractivity contribution < 1.29 is 26.7 Å². The van der Waals surface area contributed by atoms with Gasteiger partial charge in [0.25, 0.3) is 0 Å². The van der Waals surface area contributed by atoms with Crippen molar-refractivity contribution in [2.24, 2.45) is 0 Å². The van der Waals surface area contributed by atoms with E-state index in [2.05, 4.69) is 0 Å². The molecule has 0 bridgehead atoms. The summed E-state index contributed by atoms with van der Waals surface area (Å²) in [5.74, 6) is 0.209. The van der Waals surface area contributed by atoms with E-state index in [9.17, 15) is 9.59 Å². The first kappa shape index (κ1) is 19.8. The Labute approximate surface area is 167 Å². The smallest absolute Gasteiger partial charge is 0.112 e. The zero-order chi connectivity index (χ0) is 17.5. The van der Waals surface area contributed by atoms with Gasteiger partial charge >= 0.3 is 0 Å². The van der Waals surface area contributed by atoms with Crippen LogP contribution in [0.3, 0.4) is 0 Å². The van der Waals surface area contributed by atoms with Crippen LogP contribution >= 0.6 is 11.3 Å². The summed E-state index contributed by atoms with van der Waals surface area (Å²) in [6, 6.07) is 27.9. The molecule has 0 saturated heterocycles. The van der Waals surface area contributed by atoms with Crippen LogP contribution in [-0.2, 0) is 17.1 Å². The zero-order valence-corrected chi connectivity index (χ0v) is 15.7. The third-order valence-corrected chi connectivity index (χ3v) is 4.50. The fourth-order valence-corrected chi connectivity index (χ4v) is 3.04. The molecule has 4 rings (SSSR count). The molecule has 0 unspecified atom stereocenters. The molecule has 1 heterocycles. The van der Waals surface area contributed by atoms with Crippen molar-refractivity contribution in [1.29, 1.82) is 0 Å². The van der Waals surface area contributed by atoms with Crippen molar-refractivity contribution in [3.8, 4) is 0 Å². The van der Waals surface area contributed by atoms with Crippen LogP contribution in [0.25, 0.3) is 0 Å². The van der Waals surface area contributed by atoms with Gasteiger partial charge in [0.05, 0.1) is 0 Å². The van der Waals surface area contributed by atoms with Crippen LogP contribution in [0.5, 0.6) is 0 Å². The van der Waals surface area contributed by atoms with Crippen LogP contribution in [0.15, 0.2) is 96.4 Å². The monoisotopic (exact) mass is 400 g/mol. The van der Waals surface area contributed by atoms with Gasteiger partial charge in [-0.3, -0.25) is 4.88 Å². The fourth-order valence-electron chi connectivity index (χ4n) is 2.36. The standard InChI is InChI=1S/C12H9O.C10H7OS.Fe/c13-12(11-8-4-5-9-11)10-6-2-1-3-7-10;11-10(8-4-1-2-5-8)9-6-3-7-12-9;/h1-9H;1-7H;/q-1;-5;. The summed E-state index contributed by atoms with van der Waals surface area (Å²) in [5, 5.41) is 1.91. The van der Waals surface area contributed by atoms with E-state index in [1.165, 1.54) is 11.3 Å². The molecule has 4 heteroatoms. The van der Waals surface area contributed by atoms with Gasteiger partial charge in [0, 0.05) is 17.1 Å². The zero-order valence-electron chi connectivity index (χ0n) is 13.8. The summed E-state index contributed by atoms with van der Waals surface area (Å²) in [7, 11) is 0. The molecule has 0 N–H and O–H groups in total. The van der Waals surface area contributed by atoms with Crippen LogP contribution in [0.1, 0.15) is 31.2 Å². The minimum absolute atomic E-state index is 0. The van der Waals surface area contributed by atoms with E-state index in [0.717, 1.165) is 21.6 Å². The molecular formula is C22H16FeO2S-6. The number of ketones is 2. The van der Waals surface area contributed by atoms with E-state index in [0.29, 0.717) is 0 Å². The molecule has 0 fully saturated rings. The van der Waals surface area contributed by atoms with Gasteiger partial charge in [-0.25, -0.2) is 0 Å². The summed E-state index contributed by atoms with van der Waals surface area (Å²) in [6.45, 7) is 0. The first-order chi connectivity index (χ1) is 12.3. The predicted molar refractivity (Wildman–Crippen MR) is 102 cm³/mol. The Hall–Kier alpha value is -2.52. The molecule has 26 heavy (non-hydrogen) atoms. The van der Waals surface area contributed by atoms with E-state index in [1.54, 1.807) is 0 Å². The number of hydrogen-bond donors (Lipinski definition) is 0. The van der Waals surface area contributed by atoms with Gasteiger partial charge in [0.2, 0.25) is 0 Å². The summed E-state index contributed by atoms with van der Waals surface area (Å²) in [4.78, 5) is 24.1. The number of thiophene rings is 1. The van der Waals surface area contributed by atoms with Gasteiger partial charge in [0.1, 0.15) is 5.78 Å². The first-order valence-corrected chi connectivity index (χ1v) is 8.75. The largest absolute Gasteiger partial charge is 0.644 e. The van der Waals surface area contributed by atoms with E-state index < -0.39 is 0 Å². The van der Waals surface area contributed by atoms with Gasteiger partial charge < -0.3 is 56.5 Å². The second-order valence-corrected chi connectivity index (χ2v) is 6.30. The molecule has 3 aromatic carbocycles. The fraction of sp³-hybridized carbons (Fsp3) is 0. The molecule has 2 nitrogen and oxygen atoms in total. The quantitative estimate of drug-likeness (QED) is 0.264. The minimum atomic E-state index is 0. The maximum Gasteiger partial charge on any atom is 0.112 e. The van der Waals surface area contributed by atoms with E-state index in [4.69, 9.17) is 0 Å². The van der Waals surface area contributed by atoms with Crippen LogP contribution in [0.4, 0.5) is 0 Å². The molecule has 0 spiro atoms. The van der Waals surface area contributed by atoms with Crippen LogP contribution in [0.2, 0.25) is 0 Å². The molecule has 4 aromatic rings. The summed E-state index contributed by atoms with van der Waals surface area (Å²) >= 11 is 1.48. The molecule has 0 radical (unpaired) electrons. The Kier molecular flexibility index (Phi) is 7.49. The van der Waals surface area contributed by atoms with Crippen molar-refractivity contribution in [3.05, 3.63) is 118 Å². The number of hydrogen-bond acceptors (Lipinski definition) is 3. The molecule has 1 aromatic heterocycles. The molecule has 0 atom stereocenters. The second-order valence-electron chi connectivity index (χ2n) is 5.35. The molecule has 136 valence electrons. The van der Waals surface area contributed by atoms with Gasteiger partial charge in [0.15, 0.2) is 0 Å². The average Bonchev–Trinajstić information content (AvgIpc) is 3.45. The van der Waals surface area contributed by atoms with Gasteiger partial charge in [-0.1, -0.05) is 47.5 Å². The Morgan fingerprint density at radius 3 is 2.04 bits per heavy atom. The predicted octanol–water partition coefficient (Wildman–Crippen LogP) is 5.33. The number of rotatable bonds is 4. The van der Waals surface area contributed by atoms with Crippen LogP contribution in [-0.4, -0.2) is 11.6 Å². The van der Waals surface area contributed by atoms with Crippen LogP contribution in [0, 0.1) is 0 Å². The number of carbonyl (C=O) groups is 2. The number of carbonyl (C=O) groups excluding carboxylic acids is 2. The van der Waals surface area contributed by atoms with Crippen molar-refractivity contribution in [2.45, 2.75) is 0 Å². The summed E-state index contributed by atoms with van der Waals surface area (Å²) in [5.41, 5.74) is 2.28. The molecule has 0 saturated carbocycles. The normalized spacial score (nSPS) is 9.54. The molecule has 0 aliphatic heterocycles. The SMILES string of the molecule is O=C(c1ccccc1)[c-]1cccc1.O=C(c1cccs1)[c-]1[cH-][cH-][cH-][cH-]1.[Fe]. The van der Waals surface area contributed by atoms with Gasteiger partial charge in [-0.15, -0.1) is 12.1 Å². The summed E-state index contributed by atoms with van der Waals surface area (Å²) in [6.07, 6.45) is 0. The molecule has 0 aliphatic rings. The molecule has 0 amide bonds. The second kappa shape index (κ2) is 9.83. The minimum Gasteiger partial charge on any atom is -0.644 e. The number of benzene rings is 1. The van der Waals surface area contributed by atoms with E-state index in [1.807, 2.05) is 96.4 Å². The van der Waals surface area contributed by atoms with Crippen molar-refractivity contribution in [2.75, 3.05) is 0 Å². The van der Waals surface area contributed by atoms with E-state index in [-0.39, 0.29) is 28.6 Å². The maximum absolute atomic E-state index is 11.7. The average molecular weight is 400 g/mol. The van der Waals surface area contributed by atoms with Crippen molar-refractivity contribution in [1.82, 2.24) is 0 Å². The Bertz CT molecular complexity index is 870. The topological polar surface area (TPSA) is 34.1 Å². The Morgan fingerprint density at radius 2 is 1.46 bits per heavy atom. The molecular weight excluding hydrogens is 384 g/mol. The van der Waals surface area contributed by atoms with Crippen LogP contribution < -0.4 is 0 Å². The third-order valence-electron chi connectivity index (χ3n) is 3.63. The Balaban J connectivity index is 0.000000180. The maximum atomic E-state index is 11.7. The van der Waals surface area contributed by atoms with Crippen molar-refractivity contribution >= 4 is 22.9 Å². The summed E-state index contributed by atoms with van der Waals surface area (Å²) < 4.78 is 0. The first-order valence-electron chi connectivity index (χ1n) is 7.87.